The average Bonchev–Trinajstić information content (AvgIpc) is 2.74. The minimum Gasteiger partial charge on any atom is -0.335 e. The maximum absolute atomic E-state index is 12.3. The molecule has 0 amide bonds. The zero-order valence-corrected chi connectivity index (χ0v) is 10.9. The van der Waals surface area contributed by atoms with E-state index in [4.69, 9.17) is 0 Å². The summed E-state index contributed by atoms with van der Waals surface area (Å²) < 4.78 is 26.1. The van der Waals surface area contributed by atoms with Crippen LogP contribution in [0.4, 0.5) is 0 Å². The van der Waals surface area contributed by atoms with Gasteiger partial charge in [0.05, 0.1) is 12.5 Å². The molecule has 1 atom stereocenters. The Bertz CT molecular complexity index is 441. The van der Waals surface area contributed by atoms with Gasteiger partial charge in [-0.25, -0.2) is 13.4 Å². The smallest absolute Gasteiger partial charge is 0.260 e. The molecule has 6 heteroatoms. The van der Waals surface area contributed by atoms with E-state index in [0.29, 0.717) is 19.0 Å². The highest BCUT2D eigenvalue weighted by Crippen LogP contribution is 2.23. The quantitative estimate of drug-likeness (QED) is 0.894. The number of sulfonamides is 1. The van der Waals surface area contributed by atoms with E-state index >= 15 is 0 Å². The highest BCUT2D eigenvalue weighted by Gasteiger charge is 2.27. The molecule has 17 heavy (non-hydrogen) atoms. The van der Waals surface area contributed by atoms with Crippen LogP contribution >= 0.6 is 0 Å². The Morgan fingerprint density at radius 3 is 2.94 bits per heavy atom. The number of hydrogen-bond acceptors (Lipinski definition) is 3. The summed E-state index contributed by atoms with van der Waals surface area (Å²) in [6, 6.07) is 0. The monoisotopic (exact) mass is 257 g/mol. The third-order valence-electron chi connectivity index (χ3n) is 3.47. The molecule has 0 aliphatic carbocycles. The molecule has 1 aliphatic heterocycles. The number of rotatable bonds is 3. The van der Waals surface area contributed by atoms with E-state index in [1.807, 2.05) is 0 Å². The molecule has 2 rings (SSSR count). The molecule has 5 nitrogen and oxygen atoms in total. The van der Waals surface area contributed by atoms with Gasteiger partial charge in [0.25, 0.3) is 10.0 Å². The Morgan fingerprint density at radius 1 is 1.47 bits per heavy atom. The first-order valence-electron chi connectivity index (χ1n) is 6.13. The van der Waals surface area contributed by atoms with Gasteiger partial charge in [0.1, 0.15) is 0 Å². The van der Waals surface area contributed by atoms with Gasteiger partial charge in [-0.3, -0.25) is 0 Å². The Morgan fingerprint density at radius 2 is 2.29 bits per heavy atom. The minimum atomic E-state index is -3.36. The molecule has 96 valence electrons. The van der Waals surface area contributed by atoms with Gasteiger partial charge in [0.15, 0.2) is 5.03 Å². The van der Waals surface area contributed by atoms with E-state index < -0.39 is 10.0 Å². The first kappa shape index (κ1) is 12.6. The molecule has 1 aromatic heterocycles. The summed E-state index contributed by atoms with van der Waals surface area (Å²) in [5, 5.41) is 0.201. The van der Waals surface area contributed by atoms with Crippen LogP contribution in [0.2, 0.25) is 0 Å². The standard InChI is InChI=1S/C11H19N3O2S/c1-2-10-4-3-6-14(7-5-10)17(15,16)11-8-12-9-13-11/h8-10H,2-7H2,1H3,(H,12,13). The number of imidazole rings is 1. The zero-order valence-electron chi connectivity index (χ0n) is 10.1. The van der Waals surface area contributed by atoms with Crippen molar-refractivity contribution in [2.75, 3.05) is 13.1 Å². The molecule has 0 spiro atoms. The van der Waals surface area contributed by atoms with Gasteiger partial charge in [0.2, 0.25) is 0 Å². The summed E-state index contributed by atoms with van der Waals surface area (Å²) in [5.41, 5.74) is 0. The van der Waals surface area contributed by atoms with Crippen LogP contribution in [0.1, 0.15) is 32.6 Å². The first-order chi connectivity index (χ1) is 8.14. The van der Waals surface area contributed by atoms with Crippen LogP contribution in [0.15, 0.2) is 17.6 Å². The van der Waals surface area contributed by atoms with Crippen LogP contribution in [-0.4, -0.2) is 35.8 Å². The molecule has 0 aromatic carbocycles. The van der Waals surface area contributed by atoms with E-state index in [0.717, 1.165) is 25.7 Å². The molecule has 1 aromatic rings. The lowest BCUT2D eigenvalue weighted by molar-refractivity contribution is 0.406. The fraction of sp³-hybridized carbons (Fsp3) is 0.727. The Balaban J connectivity index is 2.12. The molecule has 0 bridgehead atoms. The van der Waals surface area contributed by atoms with Crippen LogP contribution in [-0.2, 0) is 10.0 Å². The third kappa shape index (κ3) is 2.69. The summed E-state index contributed by atoms with van der Waals surface area (Å²) in [7, 11) is -3.36. The van der Waals surface area contributed by atoms with Crippen LogP contribution < -0.4 is 0 Å². The second kappa shape index (κ2) is 5.18. The third-order valence-corrected chi connectivity index (χ3v) is 5.30. The molecule has 1 N–H and O–H groups in total. The molecule has 0 radical (unpaired) electrons. The van der Waals surface area contributed by atoms with Crippen molar-refractivity contribution in [3.8, 4) is 0 Å². The van der Waals surface area contributed by atoms with Crippen LogP contribution in [0.5, 0.6) is 0 Å². The first-order valence-corrected chi connectivity index (χ1v) is 7.57. The van der Waals surface area contributed by atoms with Crippen LogP contribution in [0, 0.1) is 5.92 Å². The van der Waals surface area contributed by atoms with Crippen molar-refractivity contribution in [1.29, 1.82) is 0 Å². The minimum absolute atomic E-state index is 0.201. The van der Waals surface area contributed by atoms with Crippen molar-refractivity contribution < 1.29 is 8.42 Å². The van der Waals surface area contributed by atoms with E-state index in [1.165, 1.54) is 12.5 Å². The zero-order chi connectivity index (χ0) is 12.3. The fourth-order valence-electron chi connectivity index (χ4n) is 2.31. The van der Waals surface area contributed by atoms with Gasteiger partial charge < -0.3 is 4.98 Å². The molecule has 1 fully saturated rings. The van der Waals surface area contributed by atoms with Gasteiger partial charge in [-0.15, -0.1) is 0 Å². The van der Waals surface area contributed by atoms with Crippen molar-refractivity contribution in [3.05, 3.63) is 12.5 Å². The summed E-state index contributed by atoms with van der Waals surface area (Å²) in [6.45, 7) is 3.42. The number of aromatic nitrogens is 2. The summed E-state index contributed by atoms with van der Waals surface area (Å²) in [6.07, 6.45) is 6.95. The number of hydrogen-bond donors (Lipinski definition) is 1. The normalized spacial score (nSPS) is 23.5. The van der Waals surface area contributed by atoms with Crippen molar-refractivity contribution in [3.63, 3.8) is 0 Å². The highest BCUT2D eigenvalue weighted by atomic mass is 32.2. The summed E-state index contributed by atoms with van der Waals surface area (Å²) in [5.74, 6) is 0.664. The molecule has 1 unspecified atom stereocenters. The van der Waals surface area contributed by atoms with Crippen LogP contribution in [0.25, 0.3) is 0 Å². The summed E-state index contributed by atoms with van der Waals surface area (Å²) in [4.78, 5) is 6.46. The van der Waals surface area contributed by atoms with E-state index in [9.17, 15) is 8.42 Å². The van der Waals surface area contributed by atoms with Gasteiger partial charge in [-0.1, -0.05) is 13.3 Å². The second-order valence-electron chi connectivity index (χ2n) is 4.53. The highest BCUT2D eigenvalue weighted by molar-refractivity contribution is 7.89. The molecule has 2 heterocycles. The van der Waals surface area contributed by atoms with Crippen LogP contribution in [0.3, 0.4) is 0 Å². The molecule has 1 saturated heterocycles. The van der Waals surface area contributed by atoms with E-state index in [-0.39, 0.29) is 5.03 Å². The van der Waals surface area contributed by atoms with Crippen molar-refractivity contribution in [2.45, 2.75) is 37.6 Å². The predicted octanol–water partition coefficient (Wildman–Crippen LogP) is 1.61. The second-order valence-corrected chi connectivity index (χ2v) is 6.43. The largest absolute Gasteiger partial charge is 0.335 e. The van der Waals surface area contributed by atoms with Gasteiger partial charge in [-0.05, 0) is 25.2 Å². The number of aromatic amines is 1. The van der Waals surface area contributed by atoms with Gasteiger partial charge in [0, 0.05) is 13.1 Å². The molecule has 0 saturated carbocycles. The number of nitrogens with one attached hydrogen (secondary N) is 1. The van der Waals surface area contributed by atoms with E-state index in [2.05, 4.69) is 16.9 Å². The molecular formula is C11H19N3O2S. The average molecular weight is 257 g/mol. The Kier molecular flexibility index (Phi) is 3.83. The van der Waals surface area contributed by atoms with Gasteiger partial charge >= 0.3 is 0 Å². The van der Waals surface area contributed by atoms with E-state index in [1.54, 1.807) is 4.31 Å². The Labute approximate surface area is 102 Å². The fourth-order valence-corrected chi connectivity index (χ4v) is 3.70. The summed E-state index contributed by atoms with van der Waals surface area (Å²) >= 11 is 0. The maximum atomic E-state index is 12.3. The van der Waals surface area contributed by atoms with Crippen molar-refractivity contribution >= 4 is 10.0 Å². The molecule has 1 aliphatic rings. The Hall–Kier alpha value is -0.880. The lowest BCUT2D eigenvalue weighted by atomic mass is 9.98. The number of H-pyrrole nitrogens is 1. The topological polar surface area (TPSA) is 66.1 Å². The SMILES string of the molecule is CCC1CCCN(S(=O)(=O)c2cnc[nH]2)CC1. The van der Waals surface area contributed by atoms with Gasteiger partial charge in [-0.2, -0.15) is 4.31 Å². The lowest BCUT2D eigenvalue weighted by Gasteiger charge is -2.18. The lowest BCUT2D eigenvalue weighted by Crippen LogP contribution is -2.32. The number of nitrogens with zero attached hydrogens (tertiary/aromatic N) is 2. The van der Waals surface area contributed by atoms with Crippen molar-refractivity contribution in [2.24, 2.45) is 5.92 Å². The predicted molar refractivity (Wildman–Crippen MR) is 65.0 cm³/mol. The molecular weight excluding hydrogens is 238 g/mol. The maximum Gasteiger partial charge on any atom is 0.260 e. The van der Waals surface area contributed by atoms with Crippen molar-refractivity contribution in [1.82, 2.24) is 14.3 Å².